The summed E-state index contributed by atoms with van der Waals surface area (Å²) in [6.45, 7) is 5.73. The van der Waals surface area contributed by atoms with Crippen LogP contribution in [0.5, 0.6) is 0 Å². The molecule has 1 aromatic heterocycles. The van der Waals surface area contributed by atoms with Crippen LogP contribution in [0.4, 0.5) is 0 Å². The van der Waals surface area contributed by atoms with Gasteiger partial charge in [0.05, 0.1) is 12.0 Å². The van der Waals surface area contributed by atoms with Crippen molar-refractivity contribution in [2.24, 2.45) is 0 Å². The molecule has 1 atom stereocenters. The Labute approximate surface area is 101 Å². The second kappa shape index (κ2) is 4.38. The van der Waals surface area contributed by atoms with Gasteiger partial charge in [-0.3, -0.25) is 0 Å². The first-order valence-electron chi connectivity index (χ1n) is 6.40. The lowest BCUT2D eigenvalue weighted by molar-refractivity contribution is 0.169. The van der Waals surface area contributed by atoms with Gasteiger partial charge in [0.15, 0.2) is 5.82 Å². The Morgan fingerprint density at radius 3 is 2.88 bits per heavy atom. The van der Waals surface area contributed by atoms with Crippen LogP contribution in [0.15, 0.2) is 4.52 Å². The third-order valence-corrected chi connectivity index (χ3v) is 3.88. The lowest BCUT2D eigenvalue weighted by Gasteiger charge is -2.19. The predicted molar refractivity (Wildman–Crippen MR) is 61.9 cm³/mol. The maximum Gasteiger partial charge on any atom is 0.235 e. The maximum atomic E-state index is 5.44. The van der Waals surface area contributed by atoms with Gasteiger partial charge >= 0.3 is 0 Å². The van der Waals surface area contributed by atoms with Crippen LogP contribution in [0.3, 0.4) is 0 Å². The van der Waals surface area contributed by atoms with Crippen LogP contribution in [0, 0.1) is 0 Å². The first-order chi connectivity index (χ1) is 8.28. The van der Waals surface area contributed by atoms with E-state index < -0.39 is 0 Å². The molecule has 3 rings (SSSR count). The van der Waals surface area contributed by atoms with Gasteiger partial charge in [-0.2, -0.15) is 4.98 Å². The van der Waals surface area contributed by atoms with E-state index in [-0.39, 0.29) is 5.41 Å². The number of piperidine rings is 1. The molecule has 0 aliphatic carbocycles. The van der Waals surface area contributed by atoms with Crippen LogP contribution in [0.25, 0.3) is 0 Å². The van der Waals surface area contributed by atoms with Crippen molar-refractivity contribution in [2.75, 3.05) is 26.3 Å². The predicted octanol–water partition coefficient (Wildman–Crippen LogP) is 1.21. The van der Waals surface area contributed by atoms with Crippen LogP contribution >= 0.6 is 0 Å². The van der Waals surface area contributed by atoms with Crippen molar-refractivity contribution in [3.63, 3.8) is 0 Å². The number of nitrogens with one attached hydrogen (secondary N) is 1. The molecule has 3 heterocycles. The van der Waals surface area contributed by atoms with Crippen LogP contribution < -0.4 is 5.32 Å². The van der Waals surface area contributed by atoms with E-state index in [1.165, 1.54) is 0 Å². The third kappa shape index (κ3) is 2.09. The number of hydrogen-bond acceptors (Lipinski definition) is 5. The zero-order chi connectivity index (χ0) is 11.7. The average Bonchev–Trinajstić information content (AvgIpc) is 2.99. The molecule has 0 radical (unpaired) electrons. The highest BCUT2D eigenvalue weighted by molar-refractivity contribution is 5.07. The van der Waals surface area contributed by atoms with Gasteiger partial charge < -0.3 is 14.6 Å². The summed E-state index contributed by atoms with van der Waals surface area (Å²) < 4.78 is 10.9. The molecule has 1 unspecified atom stereocenters. The van der Waals surface area contributed by atoms with Crippen molar-refractivity contribution in [3.05, 3.63) is 11.7 Å². The van der Waals surface area contributed by atoms with Crippen molar-refractivity contribution in [2.45, 2.75) is 37.5 Å². The molecular weight excluding hydrogens is 218 g/mol. The number of ether oxygens (including phenoxy) is 1. The van der Waals surface area contributed by atoms with Gasteiger partial charge in [-0.1, -0.05) is 5.16 Å². The van der Waals surface area contributed by atoms with Crippen LogP contribution in [-0.4, -0.2) is 36.4 Å². The summed E-state index contributed by atoms with van der Waals surface area (Å²) in [6.07, 6.45) is 3.18. The highest BCUT2D eigenvalue weighted by atomic mass is 16.5. The van der Waals surface area contributed by atoms with E-state index in [0.717, 1.165) is 50.7 Å². The number of nitrogens with zero attached hydrogens (tertiary/aromatic N) is 2. The Hall–Kier alpha value is -0.940. The molecule has 2 aliphatic heterocycles. The van der Waals surface area contributed by atoms with E-state index in [1.807, 2.05) is 0 Å². The number of hydrogen-bond donors (Lipinski definition) is 1. The quantitative estimate of drug-likeness (QED) is 0.838. The molecular formula is C12H19N3O2. The van der Waals surface area contributed by atoms with Gasteiger partial charge in [0.1, 0.15) is 0 Å². The molecule has 0 amide bonds. The minimum atomic E-state index is -0.0713. The van der Waals surface area contributed by atoms with E-state index in [2.05, 4.69) is 22.4 Å². The van der Waals surface area contributed by atoms with Crippen molar-refractivity contribution in [3.8, 4) is 0 Å². The Morgan fingerprint density at radius 1 is 1.35 bits per heavy atom. The summed E-state index contributed by atoms with van der Waals surface area (Å²) >= 11 is 0. The van der Waals surface area contributed by atoms with Gasteiger partial charge in [0, 0.05) is 12.5 Å². The second-order valence-electron chi connectivity index (χ2n) is 5.35. The van der Waals surface area contributed by atoms with Gasteiger partial charge in [0.2, 0.25) is 5.89 Å². The zero-order valence-corrected chi connectivity index (χ0v) is 10.2. The van der Waals surface area contributed by atoms with Crippen LogP contribution in [0.1, 0.15) is 43.8 Å². The fourth-order valence-corrected chi connectivity index (χ4v) is 2.56. The van der Waals surface area contributed by atoms with E-state index in [0.29, 0.717) is 12.5 Å². The molecule has 2 aliphatic rings. The summed E-state index contributed by atoms with van der Waals surface area (Å²) in [7, 11) is 0. The minimum Gasteiger partial charge on any atom is -0.380 e. The molecule has 5 nitrogen and oxygen atoms in total. The van der Waals surface area contributed by atoms with Gasteiger partial charge in [-0.25, -0.2) is 0 Å². The summed E-state index contributed by atoms with van der Waals surface area (Å²) in [5.74, 6) is 2.10. The molecule has 0 saturated carbocycles. The zero-order valence-electron chi connectivity index (χ0n) is 10.2. The second-order valence-corrected chi connectivity index (χ2v) is 5.35. The maximum absolute atomic E-state index is 5.44. The van der Waals surface area contributed by atoms with Crippen molar-refractivity contribution in [1.29, 1.82) is 0 Å². The fraction of sp³-hybridized carbons (Fsp3) is 0.833. The highest BCUT2D eigenvalue weighted by Crippen LogP contribution is 2.32. The molecule has 17 heavy (non-hydrogen) atoms. The Balaban J connectivity index is 1.77. The van der Waals surface area contributed by atoms with Crippen molar-refractivity contribution in [1.82, 2.24) is 15.5 Å². The first kappa shape index (κ1) is 11.2. The topological polar surface area (TPSA) is 60.2 Å². The number of aromatic nitrogens is 2. The monoisotopic (exact) mass is 237 g/mol. The SMILES string of the molecule is CC1(c2nc(C3CCNCC3)no2)CCOC1. The average molecular weight is 237 g/mol. The van der Waals surface area contributed by atoms with E-state index in [9.17, 15) is 0 Å². The summed E-state index contributed by atoms with van der Waals surface area (Å²) in [6, 6.07) is 0. The summed E-state index contributed by atoms with van der Waals surface area (Å²) in [4.78, 5) is 4.60. The van der Waals surface area contributed by atoms with Gasteiger partial charge in [-0.05, 0) is 39.3 Å². The van der Waals surface area contributed by atoms with Gasteiger partial charge in [0.25, 0.3) is 0 Å². The molecule has 0 spiro atoms. The highest BCUT2D eigenvalue weighted by Gasteiger charge is 2.37. The molecule has 0 aromatic carbocycles. The third-order valence-electron chi connectivity index (χ3n) is 3.88. The normalized spacial score (nSPS) is 30.9. The smallest absolute Gasteiger partial charge is 0.235 e. The number of rotatable bonds is 2. The molecule has 94 valence electrons. The van der Waals surface area contributed by atoms with Crippen molar-refractivity contribution >= 4 is 0 Å². The summed E-state index contributed by atoms with van der Waals surface area (Å²) in [5.41, 5.74) is -0.0713. The van der Waals surface area contributed by atoms with E-state index >= 15 is 0 Å². The largest absolute Gasteiger partial charge is 0.380 e. The Morgan fingerprint density at radius 2 is 2.18 bits per heavy atom. The minimum absolute atomic E-state index is 0.0713. The molecule has 1 N–H and O–H groups in total. The molecule has 0 bridgehead atoms. The molecule has 5 heteroatoms. The van der Waals surface area contributed by atoms with E-state index in [4.69, 9.17) is 9.26 Å². The molecule has 2 fully saturated rings. The van der Waals surface area contributed by atoms with Gasteiger partial charge in [-0.15, -0.1) is 0 Å². The summed E-state index contributed by atoms with van der Waals surface area (Å²) in [5, 5.41) is 7.51. The van der Waals surface area contributed by atoms with Crippen molar-refractivity contribution < 1.29 is 9.26 Å². The fourth-order valence-electron chi connectivity index (χ4n) is 2.56. The Kier molecular flexibility index (Phi) is 2.88. The lowest BCUT2D eigenvalue weighted by Crippen LogP contribution is -2.27. The van der Waals surface area contributed by atoms with E-state index in [1.54, 1.807) is 0 Å². The first-order valence-corrected chi connectivity index (χ1v) is 6.40. The standard InChI is InChI=1S/C12H19N3O2/c1-12(4-7-16-8-12)11-14-10(15-17-11)9-2-5-13-6-3-9/h9,13H,2-8H2,1H3. The molecule has 2 saturated heterocycles. The van der Waals surface area contributed by atoms with Crippen LogP contribution in [-0.2, 0) is 10.2 Å². The lowest BCUT2D eigenvalue weighted by atomic mass is 9.90. The Bertz CT molecular complexity index is 379. The van der Waals surface area contributed by atoms with Crippen LogP contribution in [0.2, 0.25) is 0 Å². The molecule has 1 aromatic rings.